The standard InChI is InChI=1S/C23H22O/c1-4-23(21-11-7-18(3)8-12-21)24-22-15-13-20(14-16-22)19-9-5-17(2)6-10-19/h4-16H,1-3H3/b23-4+. The first-order valence-electron chi connectivity index (χ1n) is 8.24. The average Bonchev–Trinajstić information content (AvgIpc) is 2.62. The third kappa shape index (κ3) is 3.75. The SMILES string of the molecule is C/C=C(/Oc1ccc(-c2ccc(C)cc2)cc1)c1ccc(C)cc1. The number of allylic oxidation sites excluding steroid dienone is 1. The van der Waals surface area contributed by atoms with Crippen molar-refractivity contribution in [2.45, 2.75) is 20.8 Å². The van der Waals surface area contributed by atoms with Crippen LogP contribution in [0.15, 0.2) is 78.9 Å². The van der Waals surface area contributed by atoms with E-state index >= 15 is 0 Å². The molecule has 0 saturated heterocycles. The van der Waals surface area contributed by atoms with E-state index in [9.17, 15) is 0 Å². The summed E-state index contributed by atoms with van der Waals surface area (Å²) in [6.45, 7) is 6.18. The molecule has 0 aliphatic heterocycles. The third-order valence-electron chi connectivity index (χ3n) is 4.07. The van der Waals surface area contributed by atoms with Gasteiger partial charge in [0.05, 0.1) is 0 Å². The van der Waals surface area contributed by atoms with Crippen molar-refractivity contribution in [3.05, 3.63) is 95.6 Å². The van der Waals surface area contributed by atoms with Gasteiger partial charge in [-0.05, 0) is 50.1 Å². The van der Waals surface area contributed by atoms with E-state index in [1.807, 2.05) is 25.1 Å². The summed E-state index contributed by atoms with van der Waals surface area (Å²) in [5, 5.41) is 0. The fourth-order valence-corrected chi connectivity index (χ4v) is 2.59. The van der Waals surface area contributed by atoms with E-state index in [-0.39, 0.29) is 0 Å². The highest BCUT2D eigenvalue weighted by Crippen LogP contribution is 2.26. The van der Waals surface area contributed by atoms with Crippen LogP contribution in [0.2, 0.25) is 0 Å². The largest absolute Gasteiger partial charge is 0.457 e. The van der Waals surface area contributed by atoms with Crippen molar-refractivity contribution in [1.82, 2.24) is 0 Å². The summed E-state index contributed by atoms with van der Waals surface area (Å²) < 4.78 is 6.06. The van der Waals surface area contributed by atoms with Crippen molar-refractivity contribution in [3.63, 3.8) is 0 Å². The topological polar surface area (TPSA) is 9.23 Å². The Morgan fingerprint density at radius 3 is 1.62 bits per heavy atom. The second-order valence-corrected chi connectivity index (χ2v) is 6.01. The van der Waals surface area contributed by atoms with Crippen LogP contribution in [-0.4, -0.2) is 0 Å². The fraction of sp³-hybridized carbons (Fsp3) is 0.130. The van der Waals surface area contributed by atoms with Gasteiger partial charge in [-0.25, -0.2) is 0 Å². The van der Waals surface area contributed by atoms with E-state index in [0.29, 0.717) is 0 Å². The lowest BCUT2D eigenvalue weighted by Gasteiger charge is -2.11. The number of aryl methyl sites for hydroxylation is 2. The molecule has 0 atom stereocenters. The van der Waals surface area contributed by atoms with E-state index in [2.05, 4.69) is 74.5 Å². The second kappa shape index (κ2) is 7.18. The van der Waals surface area contributed by atoms with Crippen LogP contribution in [0.1, 0.15) is 23.6 Å². The molecule has 1 nitrogen and oxygen atoms in total. The fourth-order valence-electron chi connectivity index (χ4n) is 2.59. The number of hydrogen-bond acceptors (Lipinski definition) is 1. The van der Waals surface area contributed by atoms with Crippen LogP contribution in [0.3, 0.4) is 0 Å². The molecule has 0 fully saturated rings. The van der Waals surface area contributed by atoms with Crippen molar-refractivity contribution >= 4 is 5.76 Å². The molecule has 0 aliphatic carbocycles. The summed E-state index contributed by atoms with van der Waals surface area (Å²) in [6.07, 6.45) is 2.00. The van der Waals surface area contributed by atoms with Gasteiger partial charge in [0.2, 0.25) is 0 Å². The van der Waals surface area contributed by atoms with Gasteiger partial charge in [0.1, 0.15) is 11.5 Å². The minimum absolute atomic E-state index is 0.847. The van der Waals surface area contributed by atoms with Gasteiger partial charge in [0.25, 0.3) is 0 Å². The Balaban J connectivity index is 1.78. The molecule has 0 N–H and O–H groups in total. The van der Waals surface area contributed by atoms with E-state index in [4.69, 9.17) is 4.74 Å². The van der Waals surface area contributed by atoms with Crippen LogP contribution in [0.4, 0.5) is 0 Å². The maximum absolute atomic E-state index is 6.06. The van der Waals surface area contributed by atoms with Gasteiger partial charge >= 0.3 is 0 Å². The minimum atomic E-state index is 0.847. The van der Waals surface area contributed by atoms with Crippen molar-refractivity contribution in [2.75, 3.05) is 0 Å². The van der Waals surface area contributed by atoms with Gasteiger partial charge in [-0.2, -0.15) is 0 Å². The van der Waals surface area contributed by atoms with Crippen LogP contribution >= 0.6 is 0 Å². The molecule has 0 spiro atoms. The Labute approximate surface area is 144 Å². The molecule has 24 heavy (non-hydrogen) atoms. The predicted octanol–water partition coefficient (Wildman–Crippen LogP) is 6.41. The lowest BCUT2D eigenvalue weighted by molar-refractivity contribution is 0.514. The van der Waals surface area contributed by atoms with Gasteiger partial charge in [-0.1, -0.05) is 71.8 Å². The Bertz CT molecular complexity index is 823. The first-order chi connectivity index (χ1) is 11.7. The van der Waals surface area contributed by atoms with E-state index in [1.54, 1.807) is 0 Å². The molecular weight excluding hydrogens is 292 g/mol. The smallest absolute Gasteiger partial charge is 0.130 e. The summed E-state index contributed by atoms with van der Waals surface area (Å²) >= 11 is 0. The van der Waals surface area contributed by atoms with Crippen molar-refractivity contribution in [3.8, 4) is 16.9 Å². The zero-order valence-electron chi connectivity index (χ0n) is 14.4. The van der Waals surface area contributed by atoms with E-state index in [1.165, 1.54) is 22.3 Å². The molecule has 0 amide bonds. The zero-order valence-corrected chi connectivity index (χ0v) is 14.4. The molecule has 0 saturated carbocycles. The number of benzene rings is 3. The summed E-state index contributed by atoms with van der Waals surface area (Å²) in [7, 11) is 0. The molecule has 3 rings (SSSR count). The first-order valence-corrected chi connectivity index (χ1v) is 8.24. The van der Waals surface area contributed by atoms with Gasteiger partial charge in [-0.3, -0.25) is 0 Å². The lowest BCUT2D eigenvalue weighted by Crippen LogP contribution is -1.95. The van der Waals surface area contributed by atoms with Crippen molar-refractivity contribution < 1.29 is 4.74 Å². The van der Waals surface area contributed by atoms with Crippen LogP contribution in [0.25, 0.3) is 16.9 Å². The van der Waals surface area contributed by atoms with E-state index < -0.39 is 0 Å². The number of ether oxygens (including phenoxy) is 1. The van der Waals surface area contributed by atoms with Crippen LogP contribution < -0.4 is 4.74 Å². The normalized spacial score (nSPS) is 11.4. The van der Waals surface area contributed by atoms with Crippen LogP contribution in [-0.2, 0) is 0 Å². The van der Waals surface area contributed by atoms with Gasteiger partial charge in [0.15, 0.2) is 0 Å². The third-order valence-corrected chi connectivity index (χ3v) is 4.07. The lowest BCUT2D eigenvalue weighted by atomic mass is 10.0. The summed E-state index contributed by atoms with van der Waals surface area (Å²) in [5.41, 5.74) is 6.02. The first kappa shape index (κ1) is 16.1. The monoisotopic (exact) mass is 314 g/mol. The Hall–Kier alpha value is -2.80. The highest BCUT2D eigenvalue weighted by Gasteiger charge is 2.04. The highest BCUT2D eigenvalue weighted by molar-refractivity contribution is 5.66. The minimum Gasteiger partial charge on any atom is -0.457 e. The predicted molar refractivity (Wildman–Crippen MR) is 102 cm³/mol. The average molecular weight is 314 g/mol. The molecule has 0 radical (unpaired) electrons. The maximum Gasteiger partial charge on any atom is 0.130 e. The number of rotatable bonds is 4. The summed E-state index contributed by atoms with van der Waals surface area (Å²) in [4.78, 5) is 0. The van der Waals surface area contributed by atoms with Gasteiger partial charge < -0.3 is 4.74 Å². The molecule has 0 bridgehead atoms. The molecule has 0 aromatic heterocycles. The molecule has 0 heterocycles. The van der Waals surface area contributed by atoms with Crippen molar-refractivity contribution in [1.29, 1.82) is 0 Å². The molecule has 3 aromatic carbocycles. The van der Waals surface area contributed by atoms with Crippen LogP contribution in [0.5, 0.6) is 5.75 Å². The Morgan fingerprint density at radius 1 is 0.667 bits per heavy atom. The van der Waals surface area contributed by atoms with E-state index in [0.717, 1.165) is 17.1 Å². The highest BCUT2D eigenvalue weighted by atomic mass is 16.5. The molecule has 0 aliphatic rings. The number of hydrogen-bond donors (Lipinski definition) is 0. The van der Waals surface area contributed by atoms with Crippen molar-refractivity contribution in [2.24, 2.45) is 0 Å². The molecule has 3 aromatic rings. The molecule has 120 valence electrons. The zero-order chi connectivity index (χ0) is 16.9. The van der Waals surface area contributed by atoms with Crippen LogP contribution in [0, 0.1) is 13.8 Å². The summed E-state index contributed by atoms with van der Waals surface area (Å²) in [5.74, 6) is 1.72. The second-order valence-electron chi connectivity index (χ2n) is 6.01. The molecular formula is C23H22O. The molecule has 0 unspecified atom stereocenters. The summed E-state index contributed by atoms with van der Waals surface area (Å²) in [6, 6.07) is 25.2. The quantitative estimate of drug-likeness (QED) is 0.505. The van der Waals surface area contributed by atoms with Gasteiger partial charge in [-0.15, -0.1) is 0 Å². The maximum atomic E-state index is 6.06. The molecule has 1 heteroatoms. The van der Waals surface area contributed by atoms with Gasteiger partial charge in [0, 0.05) is 5.56 Å². The Morgan fingerprint density at radius 2 is 1.12 bits per heavy atom. The Kier molecular flexibility index (Phi) is 4.81.